The molecule has 2 N–H and O–H groups in total. The highest BCUT2D eigenvalue weighted by Crippen LogP contribution is 2.46. The molecule has 196 valence electrons. The van der Waals surface area contributed by atoms with Crippen molar-refractivity contribution in [1.29, 1.82) is 10.5 Å². The Morgan fingerprint density at radius 3 is 2.28 bits per heavy atom. The van der Waals surface area contributed by atoms with E-state index in [1.54, 1.807) is 24.3 Å². The van der Waals surface area contributed by atoms with Crippen molar-refractivity contribution >= 4 is 6.01 Å². The van der Waals surface area contributed by atoms with Crippen molar-refractivity contribution in [2.24, 2.45) is 5.92 Å². The zero-order valence-electron chi connectivity index (χ0n) is 21.5. The van der Waals surface area contributed by atoms with Gasteiger partial charge in [-0.2, -0.15) is 10.5 Å². The third-order valence-electron chi connectivity index (χ3n) is 7.17. The topological polar surface area (TPSA) is 116 Å². The van der Waals surface area contributed by atoms with E-state index < -0.39 is 17.4 Å². The molecule has 0 aliphatic carbocycles. The minimum atomic E-state index is -1.65. The Kier molecular flexibility index (Phi) is 6.86. The van der Waals surface area contributed by atoms with Crippen LogP contribution in [0.15, 0.2) is 71.1 Å². The first-order valence-corrected chi connectivity index (χ1v) is 12.5. The molecule has 1 unspecified atom stereocenters. The molecule has 1 aliphatic heterocycles. The number of alkyl halides is 1. The van der Waals surface area contributed by atoms with Crippen LogP contribution in [0.1, 0.15) is 53.6 Å². The molecule has 1 fully saturated rings. The number of halogens is 2. The first-order chi connectivity index (χ1) is 18.7. The van der Waals surface area contributed by atoms with Gasteiger partial charge in [0.2, 0.25) is 5.89 Å². The molecular weight excluding hydrogens is 498 g/mol. The van der Waals surface area contributed by atoms with Crippen LogP contribution in [0.4, 0.5) is 14.8 Å². The first-order valence-electron chi connectivity index (χ1n) is 12.5. The van der Waals surface area contributed by atoms with E-state index in [0.29, 0.717) is 35.3 Å². The average molecular weight is 525 g/mol. The minimum Gasteiger partial charge on any atom is -0.404 e. The molecule has 2 atom stereocenters. The maximum absolute atomic E-state index is 15.8. The highest BCUT2D eigenvalue weighted by molar-refractivity contribution is 5.56. The predicted octanol–water partition coefficient (Wildman–Crippen LogP) is 5.75. The molecular formula is C30H26F2N6O. The maximum atomic E-state index is 15.8. The summed E-state index contributed by atoms with van der Waals surface area (Å²) in [5, 5.41) is 26.2. The molecule has 39 heavy (non-hydrogen) atoms. The van der Waals surface area contributed by atoms with Crippen molar-refractivity contribution in [3.05, 3.63) is 100 Å². The van der Waals surface area contributed by atoms with Gasteiger partial charge in [-0.3, -0.25) is 4.90 Å². The Bertz CT molecular complexity index is 1570. The van der Waals surface area contributed by atoms with Crippen LogP contribution in [0, 0.1) is 34.4 Å². The fourth-order valence-corrected chi connectivity index (χ4v) is 5.60. The van der Waals surface area contributed by atoms with E-state index in [1.165, 1.54) is 26.0 Å². The van der Waals surface area contributed by atoms with Gasteiger partial charge in [0.25, 0.3) is 0 Å². The number of aromatic nitrogens is 2. The molecule has 0 saturated carbocycles. The van der Waals surface area contributed by atoms with E-state index in [-0.39, 0.29) is 23.9 Å². The molecule has 1 saturated heterocycles. The number of likely N-dealkylation sites (tertiary alicyclic amines) is 1. The van der Waals surface area contributed by atoms with Gasteiger partial charge in [-0.05, 0) is 78.9 Å². The van der Waals surface area contributed by atoms with Crippen LogP contribution >= 0.6 is 0 Å². The van der Waals surface area contributed by atoms with Crippen LogP contribution < -0.4 is 5.73 Å². The van der Waals surface area contributed by atoms with E-state index in [0.717, 1.165) is 11.1 Å². The molecule has 4 aromatic rings. The normalized spacial score (nSPS) is 15.6. The molecule has 7 nitrogen and oxygen atoms in total. The summed E-state index contributed by atoms with van der Waals surface area (Å²) in [5.41, 5.74) is 7.70. The summed E-state index contributed by atoms with van der Waals surface area (Å²) in [6.45, 7) is 4.09. The largest absolute Gasteiger partial charge is 0.404 e. The SMILES string of the molecule is CC(C)(F)[C@H](c1cc(F)cc(-c2nnc(N)o2)c1)C1CN(C(c2ccc(C#N)cc2)c2cccc(C#N)c2)C1. The highest BCUT2D eigenvalue weighted by atomic mass is 19.1. The molecule has 1 aliphatic rings. The summed E-state index contributed by atoms with van der Waals surface area (Å²) in [5.74, 6) is -1.20. The van der Waals surface area contributed by atoms with Gasteiger partial charge in [0.15, 0.2) is 0 Å². The van der Waals surface area contributed by atoms with E-state index in [1.807, 2.05) is 30.3 Å². The van der Waals surface area contributed by atoms with Crippen molar-refractivity contribution in [3.8, 4) is 23.6 Å². The summed E-state index contributed by atoms with van der Waals surface area (Å²) in [4.78, 5) is 2.21. The second-order valence-electron chi connectivity index (χ2n) is 10.3. The Labute approximate surface area is 225 Å². The summed E-state index contributed by atoms with van der Waals surface area (Å²) in [6, 6.07) is 23.0. The lowest BCUT2D eigenvalue weighted by Crippen LogP contribution is -2.53. The Hall–Kier alpha value is -4.60. The molecule has 5 rings (SSSR count). The molecule has 2 heterocycles. The van der Waals surface area contributed by atoms with Gasteiger partial charge in [-0.1, -0.05) is 29.4 Å². The number of hydrogen-bond acceptors (Lipinski definition) is 7. The van der Waals surface area contributed by atoms with Crippen molar-refractivity contribution in [2.75, 3.05) is 18.8 Å². The number of nitrogen functional groups attached to an aromatic ring is 1. The van der Waals surface area contributed by atoms with Crippen molar-refractivity contribution in [2.45, 2.75) is 31.5 Å². The van der Waals surface area contributed by atoms with Gasteiger partial charge in [0, 0.05) is 24.6 Å². The standard InChI is InChI=1S/C30H26F2N6O/c1-30(2,32)26(22-11-23(13-25(31)12-22)28-36-37-29(35)39-28)24-16-38(17-24)27(20-8-6-18(14-33)7-9-20)21-5-3-4-19(10-21)15-34/h3-13,24,26-27H,16-17H2,1-2H3,(H2,35,37)/t26-,27?/m1/s1. The Morgan fingerprint density at radius 1 is 0.949 bits per heavy atom. The molecule has 9 heteroatoms. The van der Waals surface area contributed by atoms with Gasteiger partial charge in [-0.25, -0.2) is 8.78 Å². The van der Waals surface area contributed by atoms with E-state index in [9.17, 15) is 14.9 Å². The number of nitrogens with zero attached hydrogens (tertiary/aromatic N) is 5. The van der Waals surface area contributed by atoms with Crippen LogP contribution in [-0.4, -0.2) is 33.9 Å². The molecule has 1 aromatic heterocycles. The summed E-state index contributed by atoms with van der Waals surface area (Å²) < 4.78 is 35.8. The number of hydrogen-bond donors (Lipinski definition) is 1. The maximum Gasteiger partial charge on any atom is 0.313 e. The van der Waals surface area contributed by atoms with E-state index in [2.05, 4.69) is 27.2 Å². The van der Waals surface area contributed by atoms with Crippen molar-refractivity contribution in [1.82, 2.24) is 15.1 Å². The predicted molar refractivity (Wildman–Crippen MR) is 141 cm³/mol. The van der Waals surface area contributed by atoms with Crippen LogP contribution in [0.3, 0.4) is 0 Å². The zero-order valence-corrected chi connectivity index (χ0v) is 21.5. The number of rotatable bonds is 7. The zero-order chi connectivity index (χ0) is 27.7. The summed E-state index contributed by atoms with van der Waals surface area (Å²) in [7, 11) is 0. The van der Waals surface area contributed by atoms with Crippen LogP contribution in [0.25, 0.3) is 11.5 Å². The number of benzene rings is 3. The second-order valence-corrected chi connectivity index (χ2v) is 10.3. The van der Waals surface area contributed by atoms with E-state index >= 15 is 4.39 Å². The number of nitrogens with two attached hydrogens (primary N) is 1. The first kappa shape index (κ1) is 26.0. The third kappa shape index (κ3) is 5.36. The lowest BCUT2D eigenvalue weighted by molar-refractivity contribution is 0.00814. The highest BCUT2D eigenvalue weighted by Gasteiger charge is 2.45. The summed E-state index contributed by atoms with van der Waals surface area (Å²) >= 11 is 0. The molecule has 0 radical (unpaired) electrons. The monoisotopic (exact) mass is 524 g/mol. The smallest absolute Gasteiger partial charge is 0.313 e. The van der Waals surface area contributed by atoms with Crippen LogP contribution in [0.2, 0.25) is 0 Å². The lowest BCUT2D eigenvalue weighted by Gasteiger charge is -2.50. The van der Waals surface area contributed by atoms with Gasteiger partial charge < -0.3 is 10.2 Å². The van der Waals surface area contributed by atoms with Gasteiger partial charge >= 0.3 is 6.01 Å². The minimum absolute atomic E-state index is 0.0668. The Morgan fingerprint density at radius 2 is 1.67 bits per heavy atom. The van der Waals surface area contributed by atoms with Gasteiger partial charge in [0.1, 0.15) is 11.5 Å². The fourth-order valence-electron chi connectivity index (χ4n) is 5.60. The molecule has 0 spiro atoms. The van der Waals surface area contributed by atoms with Crippen LogP contribution in [0.5, 0.6) is 0 Å². The van der Waals surface area contributed by atoms with E-state index in [4.69, 9.17) is 10.2 Å². The van der Waals surface area contributed by atoms with Crippen molar-refractivity contribution in [3.63, 3.8) is 0 Å². The quantitative estimate of drug-likeness (QED) is 0.327. The third-order valence-corrected chi connectivity index (χ3v) is 7.17. The van der Waals surface area contributed by atoms with Crippen molar-refractivity contribution < 1.29 is 13.2 Å². The molecule has 0 amide bonds. The second kappa shape index (κ2) is 10.3. The summed E-state index contributed by atoms with van der Waals surface area (Å²) in [6.07, 6.45) is 0. The van der Waals surface area contributed by atoms with Gasteiger partial charge in [-0.15, -0.1) is 5.10 Å². The molecule has 0 bridgehead atoms. The van der Waals surface area contributed by atoms with Gasteiger partial charge in [0.05, 0.1) is 29.3 Å². The molecule has 3 aromatic carbocycles. The van der Waals surface area contributed by atoms with Crippen LogP contribution in [-0.2, 0) is 0 Å². The fraction of sp³-hybridized carbons (Fsp3) is 0.267. The number of nitriles is 2. The lowest BCUT2D eigenvalue weighted by atomic mass is 9.72. The average Bonchev–Trinajstić information content (AvgIpc) is 3.33. The Balaban J connectivity index is 1.47. The number of anilines is 1.